The summed E-state index contributed by atoms with van der Waals surface area (Å²) < 4.78 is 11.7. The molecule has 4 rings (SSSR count). The number of nitrogens with two attached hydrogens (primary N) is 1. The van der Waals surface area contributed by atoms with Gasteiger partial charge in [-0.1, -0.05) is 5.92 Å². The van der Waals surface area contributed by atoms with E-state index in [2.05, 4.69) is 55.8 Å². The van der Waals surface area contributed by atoms with Crippen molar-refractivity contribution in [3.8, 4) is 28.0 Å². The van der Waals surface area contributed by atoms with E-state index in [0.29, 0.717) is 36.2 Å². The molecule has 0 bridgehead atoms. The molecule has 1 saturated heterocycles. The predicted octanol–water partition coefficient (Wildman–Crippen LogP) is 5.66. The fourth-order valence-corrected chi connectivity index (χ4v) is 6.66. The van der Waals surface area contributed by atoms with Crippen molar-refractivity contribution >= 4 is 45.6 Å². The first-order chi connectivity index (χ1) is 16.8. The fourth-order valence-electron chi connectivity index (χ4n) is 3.70. The van der Waals surface area contributed by atoms with Gasteiger partial charge in [0.1, 0.15) is 17.9 Å². The van der Waals surface area contributed by atoms with E-state index in [4.69, 9.17) is 20.0 Å². The molecule has 0 aromatic carbocycles. The molecule has 0 radical (unpaired) electrons. The number of anilines is 1. The summed E-state index contributed by atoms with van der Waals surface area (Å²) >= 11 is 3.93. The SMILES string of the molecule is CN1CCC(c2ncc(-c3cnc(N)c(OCc4ccnc(C#CC(C)(C)OPI)c4)c3)s2)CC1. The molecule has 0 spiro atoms. The molecule has 184 valence electrons. The van der Waals surface area contributed by atoms with E-state index in [1.54, 1.807) is 23.7 Å². The van der Waals surface area contributed by atoms with Gasteiger partial charge in [-0.2, -0.15) is 0 Å². The Bertz CT molecular complexity index is 1220. The number of nitrogen functional groups attached to an aromatic ring is 1. The maximum Gasteiger partial charge on any atom is 0.166 e. The van der Waals surface area contributed by atoms with Crippen LogP contribution < -0.4 is 10.5 Å². The monoisotopic (exact) mass is 621 g/mol. The Morgan fingerprint density at radius 2 is 2.03 bits per heavy atom. The quantitative estimate of drug-likeness (QED) is 0.207. The molecule has 1 unspecified atom stereocenters. The number of thiazole rings is 1. The molecule has 0 aliphatic carbocycles. The Balaban J connectivity index is 1.44. The van der Waals surface area contributed by atoms with E-state index >= 15 is 0 Å². The van der Waals surface area contributed by atoms with Gasteiger partial charge in [-0.3, -0.25) is 0 Å². The topological polar surface area (TPSA) is 86.4 Å². The third kappa shape index (κ3) is 7.34. The van der Waals surface area contributed by atoms with Crippen molar-refractivity contribution in [3.63, 3.8) is 0 Å². The average molecular weight is 621 g/mol. The highest BCUT2D eigenvalue weighted by molar-refractivity contribution is 14.2. The van der Waals surface area contributed by atoms with E-state index in [0.717, 1.165) is 41.9 Å². The van der Waals surface area contributed by atoms with Gasteiger partial charge in [-0.15, -0.1) is 11.3 Å². The van der Waals surface area contributed by atoms with Crippen LogP contribution in [0, 0.1) is 11.8 Å². The number of hydrogen-bond donors (Lipinski definition) is 1. The van der Waals surface area contributed by atoms with Crippen LogP contribution in [-0.2, 0) is 11.1 Å². The molecule has 3 aromatic rings. The van der Waals surface area contributed by atoms with Crippen molar-refractivity contribution < 1.29 is 9.26 Å². The maximum absolute atomic E-state index is 6.12. The van der Waals surface area contributed by atoms with E-state index in [9.17, 15) is 0 Å². The van der Waals surface area contributed by atoms with Gasteiger partial charge in [-0.05, 0) is 98.6 Å². The maximum atomic E-state index is 6.12. The fraction of sp³-hybridized carbons (Fsp3) is 0.400. The van der Waals surface area contributed by atoms with Crippen LogP contribution in [0.1, 0.15) is 48.9 Å². The highest BCUT2D eigenvalue weighted by Gasteiger charge is 2.21. The minimum atomic E-state index is -0.516. The van der Waals surface area contributed by atoms with Gasteiger partial charge in [0.15, 0.2) is 11.6 Å². The summed E-state index contributed by atoms with van der Waals surface area (Å²) in [6, 6.07) is 5.77. The van der Waals surface area contributed by atoms with Gasteiger partial charge < -0.3 is 19.9 Å². The van der Waals surface area contributed by atoms with E-state index in [1.165, 1.54) is 5.01 Å². The second-order valence-corrected chi connectivity index (χ2v) is 11.8. The summed E-state index contributed by atoms with van der Waals surface area (Å²) in [5, 5.41) is 1.20. The first-order valence-electron chi connectivity index (χ1n) is 11.4. The molecule has 7 nitrogen and oxygen atoms in total. The van der Waals surface area contributed by atoms with Crippen LogP contribution >= 0.6 is 39.8 Å². The highest BCUT2D eigenvalue weighted by Crippen LogP contribution is 2.36. The van der Waals surface area contributed by atoms with Crippen LogP contribution in [0.4, 0.5) is 5.82 Å². The van der Waals surface area contributed by atoms with Gasteiger partial charge in [0.25, 0.3) is 0 Å². The third-order valence-corrected chi connectivity index (χ3v) is 8.22. The largest absolute Gasteiger partial charge is 0.485 e. The van der Waals surface area contributed by atoms with Crippen molar-refractivity contribution in [3.05, 3.63) is 53.1 Å². The second kappa shape index (κ2) is 11.9. The number of pyridine rings is 2. The van der Waals surface area contributed by atoms with Crippen molar-refractivity contribution in [2.75, 3.05) is 25.9 Å². The molecule has 3 aromatic heterocycles. The van der Waals surface area contributed by atoms with Gasteiger partial charge in [0.2, 0.25) is 0 Å². The van der Waals surface area contributed by atoms with Crippen molar-refractivity contribution in [2.24, 2.45) is 0 Å². The summed E-state index contributed by atoms with van der Waals surface area (Å²) in [4.78, 5) is 16.9. The molecule has 1 aliphatic heterocycles. The molecule has 1 fully saturated rings. The zero-order valence-electron chi connectivity index (χ0n) is 20.0. The Kier molecular flexibility index (Phi) is 8.95. The minimum Gasteiger partial charge on any atom is -0.485 e. The predicted molar refractivity (Wildman–Crippen MR) is 152 cm³/mol. The first-order valence-corrected chi connectivity index (χ1v) is 16.2. The lowest BCUT2D eigenvalue weighted by molar-refractivity contribution is 0.208. The number of aromatic nitrogens is 3. The number of nitrogens with zero attached hydrogens (tertiary/aromatic N) is 4. The summed E-state index contributed by atoms with van der Waals surface area (Å²) in [5.41, 5.74) is 8.19. The summed E-state index contributed by atoms with van der Waals surface area (Å²) in [5.74, 6) is 7.68. The number of ether oxygens (including phenoxy) is 1. The molecular weight excluding hydrogens is 592 g/mol. The number of hydrogen-bond acceptors (Lipinski definition) is 8. The number of likely N-dealkylation sites (tertiary alicyclic amines) is 1. The Hall–Kier alpha value is -1.83. The van der Waals surface area contributed by atoms with E-state index in [-0.39, 0.29) is 0 Å². The zero-order chi connectivity index (χ0) is 24.8. The van der Waals surface area contributed by atoms with E-state index in [1.807, 2.05) is 38.2 Å². The van der Waals surface area contributed by atoms with Crippen LogP contribution in [0.3, 0.4) is 0 Å². The smallest absolute Gasteiger partial charge is 0.166 e. The van der Waals surface area contributed by atoms with Crippen molar-refractivity contribution in [2.45, 2.75) is 44.8 Å². The zero-order valence-corrected chi connectivity index (χ0v) is 24.0. The van der Waals surface area contributed by atoms with Gasteiger partial charge in [0.05, 0.1) is 16.3 Å². The number of rotatable bonds is 7. The lowest BCUT2D eigenvalue weighted by Gasteiger charge is -2.27. The molecule has 0 amide bonds. The number of halogens is 1. The van der Waals surface area contributed by atoms with Crippen LogP contribution in [0.2, 0.25) is 0 Å². The standard InChI is InChI=1S/C25H29IN5O2PS/c1-25(2,33-34-26)8-4-20-12-17(5-9-28-20)16-32-21-13-19(14-29-23(21)27)22-15-30-24(35-22)18-6-10-31(3)11-7-18/h5,9,12-15,18,34H,6-7,10-11,16H2,1-3H3,(H2,27,29). The van der Waals surface area contributed by atoms with Crippen LogP contribution in [-0.4, -0.2) is 45.6 Å². The van der Waals surface area contributed by atoms with Crippen molar-refractivity contribution in [1.82, 2.24) is 19.9 Å². The molecule has 4 heterocycles. The summed E-state index contributed by atoms with van der Waals surface area (Å²) in [6.45, 7) is 6.82. The summed E-state index contributed by atoms with van der Waals surface area (Å²) in [6.07, 6.45) is 7.76. The molecule has 2 N–H and O–H groups in total. The van der Waals surface area contributed by atoms with E-state index < -0.39 is 5.60 Å². The van der Waals surface area contributed by atoms with Crippen LogP contribution in [0.5, 0.6) is 5.75 Å². The van der Waals surface area contributed by atoms with Gasteiger partial charge in [-0.25, -0.2) is 15.0 Å². The first kappa shape index (κ1) is 26.2. The molecule has 35 heavy (non-hydrogen) atoms. The van der Waals surface area contributed by atoms with Crippen LogP contribution in [0.15, 0.2) is 36.8 Å². The average Bonchev–Trinajstić information content (AvgIpc) is 3.33. The molecule has 1 aliphatic rings. The lowest BCUT2D eigenvalue weighted by atomic mass is 9.98. The van der Waals surface area contributed by atoms with Gasteiger partial charge in [0, 0.05) is 30.1 Å². The molecule has 10 heteroatoms. The van der Waals surface area contributed by atoms with Gasteiger partial charge >= 0.3 is 0 Å². The Morgan fingerprint density at radius 3 is 2.80 bits per heavy atom. The lowest BCUT2D eigenvalue weighted by Crippen LogP contribution is -2.29. The Labute approximate surface area is 225 Å². The molecule has 1 atom stereocenters. The van der Waals surface area contributed by atoms with Crippen LogP contribution in [0.25, 0.3) is 10.4 Å². The normalized spacial score (nSPS) is 15.3. The van der Waals surface area contributed by atoms with Crippen molar-refractivity contribution in [1.29, 1.82) is 0 Å². The minimum absolute atomic E-state index is 0.338. The third-order valence-electron chi connectivity index (χ3n) is 5.76. The molecule has 0 saturated carbocycles. The molecular formula is C25H29IN5O2PS. The highest BCUT2D eigenvalue weighted by atomic mass is 127. The Morgan fingerprint density at radius 1 is 1.23 bits per heavy atom. The summed E-state index contributed by atoms with van der Waals surface area (Å²) in [7, 11) is 2.18. The second-order valence-electron chi connectivity index (χ2n) is 9.03. The number of piperidine rings is 1.